The van der Waals surface area contributed by atoms with Gasteiger partial charge in [-0.3, -0.25) is 4.79 Å². The van der Waals surface area contributed by atoms with Gasteiger partial charge >= 0.3 is 0 Å². The lowest BCUT2D eigenvalue weighted by Crippen LogP contribution is -2.33. The van der Waals surface area contributed by atoms with Crippen molar-refractivity contribution in [2.75, 3.05) is 6.67 Å². The van der Waals surface area contributed by atoms with Crippen LogP contribution < -0.4 is 5.32 Å². The Morgan fingerprint density at radius 2 is 2.54 bits per heavy atom. The number of carbonyl (C=O) groups excluding carboxylic acids is 1. The lowest BCUT2D eigenvalue weighted by molar-refractivity contribution is 0.0933. The third-order valence-electron chi connectivity index (χ3n) is 1.47. The van der Waals surface area contributed by atoms with Crippen molar-refractivity contribution in [3.05, 3.63) is 23.1 Å². The van der Waals surface area contributed by atoms with Crippen LogP contribution >= 0.6 is 11.6 Å². The molecule has 5 heteroatoms. The van der Waals surface area contributed by atoms with Crippen molar-refractivity contribution >= 4 is 17.5 Å². The first-order valence-electron chi connectivity index (χ1n) is 3.75. The van der Waals surface area contributed by atoms with Crippen LogP contribution in [0.15, 0.2) is 16.7 Å². The predicted molar refractivity (Wildman–Crippen MR) is 46.6 cm³/mol. The smallest absolute Gasteiger partial charge is 0.256 e. The number of furan rings is 1. The Morgan fingerprint density at radius 1 is 1.85 bits per heavy atom. The van der Waals surface area contributed by atoms with Crippen molar-refractivity contribution in [2.45, 2.75) is 13.0 Å². The molecule has 0 saturated heterocycles. The molecule has 0 aromatic carbocycles. The van der Waals surface area contributed by atoms with Gasteiger partial charge in [0.05, 0.1) is 17.9 Å². The second-order valence-corrected chi connectivity index (χ2v) is 2.98. The molecule has 0 saturated carbocycles. The van der Waals surface area contributed by atoms with Gasteiger partial charge in [0, 0.05) is 0 Å². The largest absolute Gasteiger partial charge is 0.452 e. The minimum atomic E-state index is -0.610. The zero-order valence-electron chi connectivity index (χ0n) is 7.01. The van der Waals surface area contributed by atoms with Crippen LogP contribution in [0.5, 0.6) is 0 Å². The molecule has 0 radical (unpaired) electrons. The average molecular weight is 206 g/mol. The van der Waals surface area contributed by atoms with Crippen molar-refractivity contribution in [1.29, 1.82) is 0 Å². The molecule has 1 aromatic rings. The van der Waals surface area contributed by atoms with E-state index in [9.17, 15) is 9.18 Å². The molecule has 1 atom stereocenters. The Kier molecular flexibility index (Phi) is 3.31. The highest BCUT2D eigenvalue weighted by Crippen LogP contribution is 2.16. The van der Waals surface area contributed by atoms with Crippen LogP contribution in [0, 0.1) is 0 Å². The second-order valence-electron chi connectivity index (χ2n) is 2.64. The molecule has 1 amide bonds. The lowest BCUT2D eigenvalue weighted by Gasteiger charge is -2.07. The van der Waals surface area contributed by atoms with Gasteiger partial charge in [-0.05, 0) is 24.6 Å². The van der Waals surface area contributed by atoms with E-state index in [0.717, 1.165) is 0 Å². The maximum atomic E-state index is 12.0. The fourth-order valence-corrected chi connectivity index (χ4v) is 0.996. The topological polar surface area (TPSA) is 42.2 Å². The lowest BCUT2D eigenvalue weighted by atomic mass is 10.3. The molecular weight excluding hydrogens is 197 g/mol. The van der Waals surface area contributed by atoms with Crippen LogP contribution in [0.1, 0.15) is 17.3 Å². The minimum Gasteiger partial charge on any atom is -0.452 e. The number of rotatable bonds is 3. The standard InChI is InChI=1S/C8H9ClFNO2/c1-5(4-10)11-8(12)6-2-3-13-7(6)9/h2-3,5H,4H2,1H3,(H,11,12). The fraction of sp³-hybridized carbons (Fsp3) is 0.375. The van der Waals surface area contributed by atoms with Crippen molar-refractivity contribution in [2.24, 2.45) is 0 Å². The van der Waals surface area contributed by atoms with Crippen molar-refractivity contribution in [3.8, 4) is 0 Å². The maximum absolute atomic E-state index is 12.0. The number of hydrogen-bond acceptors (Lipinski definition) is 2. The van der Waals surface area contributed by atoms with Crippen LogP contribution in [0.4, 0.5) is 4.39 Å². The maximum Gasteiger partial charge on any atom is 0.256 e. The first-order chi connectivity index (χ1) is 6.15. The first-order valence-corrected chi connectivity index (χ1v) is 4.12. The summed E-state index contributed by atoms with van der Waals surface area (Å²) in [5.41, 5.74) is 0.224. The van der Waals surface area contributed by atoms with Gasteiger partial charge in [0.25, 0.3) is 5.91 Å². The zero-order valence-corrected chi connectivity index (χ0v) is 7.77. The molecular formula is C8H9ClFNO2. The Balaban J connectivity index is 2.64. The summed E-state index contributed by atoms with van der Waals surface area (Å²) in [4.78, 5) is 11.3. The number of halogens is 2. The van der Waals surface area contributed by atoms with Crippen LogP contribution in [0.2, 0.25) is 5.22 Å². The van der Waals surface area contributed by atoms with E-state index in [1.54, 1.807) is 6.92 Å². The summed E-state index contributed by atoms with van der Waals surface area (Å²) in [6.07, 6.45) is 1.30. The van der Waals surface area contributed by atoms with Gasteiger partial charge < -0.3 is 9.73 Å². The molecule has 1 rings (SSSR count). The van der Waals surface area contributed by atoms with Gasteiger partial charge in [0.15, 0.2) is 0 Å². The van der Waals surface area contributed by atoms with E-state index in [1.165, 1.54) is 12.3 Å². The van der Waals surface area contributed by atoms with Gasteiger partial charge in [-0.2, -0.15) is 0 Å². The van der Waals surface area contributed by atoms with E-state index in [1.807, 2.05) is 0 Å². The van der Waals surface area contributed by atoms with E-state index in [0.29, 0.717) is 0 Å². The molecule has 13 heavy (non-hydrogen) atoms. The van der Waals surface area contributed by atoms with E-state index in [2.05, 4.69) is 5.32 Å². The summed E-state index contributed by atoms with van der Waals surface area (Å²) in [5.74, 6) is -0.427. The molecule has 1 N–H and O–H groups in total. The highest BCUT2D eigenvalue weighted by Gasteiger charge is 2.14. The third-order valence-corrected chi connectivity index (χ3v) is 1.76. The molecule has 3 nitrogen and oxygen atoms in total. The highest BCUT2D eigenvalue weighted by atomic mass is 35.5. The summed E-state index contributed by atoms with van der Waals surface area (Å²) < 4.78 is 16.7. The Labute approximate surface area is 79.9 Å². The van der Waals surface area contributed by atoms with Crippen molar-refractivity contribution < 1.29 is 13.6 Å². The highest BCUT2D eigenvalue weighted by molar-refractivity contribution is 6.32. The van der Waals surface area contributed by atoms with E-state index in [-0.39, 0.29) is 10.8 Å². The zero-order chi connectivity index (χ0) is 9.84. The Bertz CT molecular complexity index is 300. The molecule has 1 unspecified atom stereocenters. The van der Waals surface area contributed by atoms with Gasteiger partial charge in [-0.25, -0.2) is 4.39 Å². The molecule has 72 valence electrons. The summed E-state index contributed by atoms with van der Waals surface area (Å²) in [6, 6.07) is 0.918. The minimum absolute atomic E-state index is 0.0172. The normalized spacial score (nSPS) is 12.5. The van der Waals surface area contributed by atoms with Gasteiger partial charge in [-0.15, -0.1) is 0 Å². The molecule has 1 aromatic heterocycles. The Hall–Kier alpha value is -1.03. The van der Waals surface area contributed by atoms with Crippen LogP contribution in [-0.2, 0) is 0 Å². The van der Waals surface area contributed by atoms with Crippen LogP contribution in [-0.4, -0.2) is 18.6 Å². The summed E-state index contributed by atoms with van der Waals surface area (Å²) in [7, 11) is 0. The van der Waals surface area contributed by atoms with Crippen LogP contribution in [0.25, 0.3) is 0 Å². The molecule has 1 heterocycles. The fourth-order valence-electron chi connectivity index (χ4n) is 0.796. The number of carbonyl (C=O) groups is 1. The molecule has 0 aliphatic heterocycles. The van der Waals surface area contributed by atoms with Gasteiger partial charge in [0.2, 0.25) is 5.22 Å². The number of nitrogens with one attached hydrogen (secondary N) is 1. The molecule has 0 bridgehead atoms. The van der Waals surface area contributed by atoms with Gasteiger partial charge in [0.1, 0.15) is 6.67 Å². The average Bonchev–Trinajstić information content (AvgIpc) is 2.51. The quantitative estimate of drug-likeness (QED) is 0.821. The van der Waals surface area contributed by atoms with Crippen LogP contribution in [0.3, 0.4) is 0 Å². The van der Waals surface area contributed by atoms with E-state index >= 15 is 0 Å². The number of hydrogen-bond donors (Lipinski definition) is 1. The third kappa shape index (κ3) is 2.45. The molecule has 0 spiro atoms. The summed E-state index contributed by atoms with van der Waals surface area (Å²) in [6.45, 7) is 0.951. The predicted octanol–water partition coefficient (Wildman–Crippen LogP) is 2.02. The monoisotopic (exact) mass is 205 g/mol. The SMILES string of the molecule is CC(CF)NC(=O)c1ccoc1Cl. The van der Waals surface area contributed by atoms with Crippen molar-refractivity contribution in [3.63, 3.8) is 0 Å². The summed E-state index contributed by atoms with van der Waals surface area (Å²) >= 11 is 5.54. The van der Waals surface area contributed by atoms with E-state index < -0.39 is 18.6 Å². The first kappa shape index (κ1) is 10.1. The van der Waals surface area contributed by atoms with Crippen molar-refractivity contribution in [1.82, 2.24) is 5.32 Å². The molecule has 0 aliphatic carbocycles. The molecule has 0 fully saturated rings. The number of amides is 1. The van der Waals surface area contributed by atoms with E-state index in [4.69, 9.17) is 16.0 Å². The number of alkyl halides is 1. The van der Waals surface area contributed by atoms with Gasteiger partial charge in [-0.1, -0.05) is 0 Å². The molecule has 0 aliphatic rings. The Morgan fingerprint density at radius 3 is 3.00 bits per heavy atom. The summed E-state index contributed by atoms with van der Waals surface area (Å²) in [5, 5.41) is 2.43. The second kappa shape index (κ2) is 4.28.